The lowest BCUT2D eigenvalue weighted by Gasteiger charge is -2.46. The van der Waals surface area contributed by atoms with Crippen molar-refractivity contribution in [2.45, 2.75) is 89.8 Å². The highest BCUT2D eigenvalue weighted by Gasteiger charge is 2.47. The van der Waals surface area contributed by atoms with Crippen LogP contribution in [0.1, 0.15) is 47.0 Å². The molecule has 0 aliphatic rings. The molecule has 0 heterocycles. The third kappa shape index (κ3) is 7.07. The third-order valence-electron chi connectivity index (χ3n) is 8.79. The van der Waals surface area contributed by atoms with Gasteiger partial charge in [0.2, 0.25) is 0 Å². The summed E-state index contributed by atoms with van der Waals surface area (Å²) in [7, 11) is -7.11. The van der Waals surface area contributed by atoms with Crippen molar-refractivity contribution in [1.29, 1.82) is 0 Å². The van der Waals surface area contributed by atoms with E-state index in [-0.39, 0.29) is 16.7 Å². The summed E-state index contributed by atoms with van der Waals surface area (Å²) in [5.74, 6) is 0. The van der Waals surface area contributed by atoms with Gasteiger partial charge >= 0.3 is 0 Å². The average Bonchev–Trinajstić information content (AvgIpc) is 2.90. The van der Waals surface area contributed by atoms with E-state index < -0.39 is 23.5 Å². The van der Waals surface area contributed by atoms with E-state index >= 15 is 4.57 Å². The van der Waals surface area contributed by atoms with Crippen molar-refractivity contribution in [3.05, 3.63) is 91.0 Å². The first-order valence-corrected chi connectivity index (χ1v) is 22.1. The summed E-state index contributed by atoms with van der Waals surface area (Å²) >= 11 is 0. The highest BCUT2D eigenvalue weighted by Crippen LogP contribution is 2.51. The van der Waals surface area contributed by atoms with Crippen molar-refractivity contribution < 1.29 is 8.99 Å². The minimum Gasteiger partial charge on any atom is -0.414 e. The van der Waals surface area contributed by atoms with E-state index in [4.69, 9.17) is 4.43 Å². The molecule has 0 bridgehead atoms. The van der Waals surface area contributed by atoms with Gasteiger partial charge in [0, 0.05) is 22.9 Å². The summed E-state index contributed by atoms with van der Waals surface area (Å²) < 4.78 is 22.8. The van der Waals surface area contributed by atoms with Gasteiger partial charge in [-0.3, -0.25) is 0 Å². The molecule has 2 atom stereocenters. The maximum atomic E-state index is 15.4. The van der Waals surface area contributed by atoms with Crippen LogP contribution in [-0.2, 0) is 8.99 Å². The summed E-state index contributed by atoms with van der Waals surface area (Å²) in [6, 6.07) is 31.4. The Morgan fingerprint density at radius 2 is 1.21 bits per heavy atom. The molecule has 206 valence electrons. The molecule has 0 N–H and O–H groups in total. The number of benzene rings is 3. The Morgan fingerprint density at radius 1 is 0.763 bits per heavy atom. The Morgan fingerprint density at radius 3 is 1.63 bits per heavy atom. The van der Waals surface area contributed by atoms with E-state index in [0.717, 1.165) is 29.9 Å². The molecule has 0 radical (unpaired) electrons. The molecule has 0 unspecified atom stereocenters. The lowest BCUT2D eigenvalue weighted by Crippen LogP contribution is -2.55. The first-order valence-electron chi connectivity index (χ1n) is 14.3. The smallest absolute Gasteiger partial charge is 0.192 e. The van der Waals surface area contributed by atoms with Gasteiger partial charge in [0.1, 0.15) is 7.14 Å². The fourth-order valence-electron chi connectivity index (χ4n) is 5.17. The molecule has 2 nitrogen and oxygen atoms in total. The van der Waals surface area contributed by atoms with E-state index in [1.54, 1.807) is 0 Å². The fourth-order valence-corrected chi connectivity index (χ4v) is 14.8. The normalized spacial score (nSPS) is 14.7. The van der Waals surface area contributed by atoms with E-state index in [2.05, 4.69) is 108 Å². The zero-order chi connectivity index (χ0) is 28.0. The van der Waals surface area contributed by atoms with E-state index in [1.807, 2.05) is 36.4 Å². The van der Waals surface area contributed by atoms with Gasteiger partial charge in [0.15, 0.2) is 8.32 Å². The summed E-state index contributed by atoms with van der Waals surface area (Å²) in [5, 5.41) is 3.44. The molecule has 0 aliphatic carbocycles. The summed E-state index contributed by atoms with van der Waals surface area (Å²) in [4.78, 5) is 0. The van der Waals surface area contributed by atoms with Crippen molar-refractivity contribution in [1.82, 2.24) is 0 Å². The quantitative estimate of drug-likeness (QED) is 0.163. The van der Waals surface area contributed by atoms with Gasteiger partial charge in [-0.05, 0) is 30.1 Å². The first kappa shape index (κ1) is 30.8. The molecule has 0 saturated carbocycles. The fraction of sp³-hybridized carbons (Fsp3) is 0.455. The summed E-state index contributed by atoms with van der Waals surface area (Å²) in [6.45, 7) is 18.9. The molecular formula is C33H49O2PSi2. The second kappa shape index (κ2) is 12.6. The van der Waals surface area contributed by atoms with Crippen LogP contribution in [0.15, 0.2) is 91.0 Å². The van der Waals surface area contributed by atoms with Crippen LogP contribution >= 0.6 is 7.14 Å². The number of rotatable bonds is 12. The van der Waals surface area contributed by atoms with Gasteiger partial charge in [-0.2, -0.15) is 0 Å². The molecule has 38 heavy (non-hydrogen) atoms. The highest BCUT2D eigenvalue weighted by atomic mass is 31.2. The van der Waals surface area contributed by atoms with Crippen molar-refractivity contribution in [2.75, 3.05) is 6.16 Å². The van der Waals surface area contributed by atoms with Crippen molar-refractivity contribution >= 4 is 39.3 Å². The maximum Gasteiger partial charge on any atom is 0.192 e. The Kier molecular flexibility index (Phi) is 10.3. The van der Waals surface area contributed by atoms with Gasteiger partial charge < -0.3 is 8.99 Å². The van der Waals surface area contributed by atoms with Crippen LogP contribution in [0.3, 0.4) is 0 Å². The van der Waals surface area contributed by atoms with E-state index in [1.165, 1.54) is 5.19 Å². The molecule has 5 heteroatoms. The van der Waals surface area contributed by atoms with Gasteiger partial charge in [0.05, 0.1) is 8.07 Å². The second-order valence-corrected chi connectivity index (χ2v) is 25.2. The lowest BCUT2D eigenvalue weighted by atomic mass is 10.1. The van der Waals surface area contributed by atoms with Gasteiger partial charge in [0.25, 0.3) is 0 Å². The van der Waals surface area contributed by atoms with Crippen LogP contribution < -0.4 is 15.8 Å². The summed E-state index contributed by atoms with van der Waals surface area (Å²) in [5.41, 5.74) is 0.205. The highest BCUT2D eigenvalue weighted by molar-refractivity contribution is 7.78. The molecule has 3 aromatic carbocycles. The third-order valence-corrected chi connectivity index (χ3v) is 21.1. The molecular weight excluding hydrogens is 516 g/mol. The molecule has 0 amide bonds. The number of hydrogen-bond donors (Lipinski definition) is 0. The van der Waals surface area contributed by atoms with Crippen molar-refractivity contribution in [3.8, 4) is 0 Å². The zero-order valence-corrected chi connectivity index (χ0v) is 27.8. The van der Waals surface area contributed by atoms with Crippen LogP contribution in [-0.4, -0.2) is 28.7 Å². The number of hydrogen-bond acceptors (Lipinski definition) is 2. The van der Waals surface area contributed by atoms with Crippen LogP contribution in [0.5, 0.6) is 0 Å². The topological polar surface area (TPSA) is 26.3 Å². The largest absolute Gasteiger partial charge is 0.414 e. The molecule has 0 saturated heterocycles. The van der Waals surface area contributed by atoms with Crippen molar-refractivity contribution in [3.63, 3.8) is 0 Å². The Hall–Kier alpha value is -1.72. The maximum absolute atomic E-state index is 15.4. The Bertz CT molecular complexity index is 1130. The predicted molar refractivity (Wildman–Crippen MR) is 174 cm³/mol. The molecule has 3 rings (SSSR count). The summed E-state index contributed by atoms with van der Waals surface area (Å²) in [6.07, 6.45) is 3.99. The minimum absolute atomic E-state index is 0.0819. The predicted octanol–water partition coefficient (Wildman–Crippen LogP) is 8.57. The molecule has 0 aliphatic heterocycles. The standard InChI is InChI=1S/C33H49O2PSi2/c1-9-10-26-31(35-38(7,8)33(2,3)4)32(37(5,6)30-24-18-13-19-25-30)27-36(34,28-20-14-11-15-21-28)29-22-16-12-17-23-29/h11-25,31-32H,9-10,26-27H2,1-8H3/t31-,32+/m1/s1. The molecule has 3 aromatic rings. The first-order chi connectivity index (χ1) is 17.8. The van der Waals surface area contributed by atoms with Crippen LogP contribution in [0, 0.1) is 0 Å². The Labute approximate surface area is 234 Å². The lowest BCUT2D eigenvalue weighted by molar-refractivity contribution is 0.162. The van der Waals surface area contributed by atoms with Crippen LogP contribution in [0.4, 0.5) is 0 Å². The minimum atomic E-state index is -2.92. The van der Waals surface area contributed by atoms with E-state index in [0.29, 0.717) is 6.16 Å². The molecule has 0 fully saturated rings. The van der Waals surface area contributed by atoms with Gasteiger partial charge in [-0.15, -0.1) is 0 Å². The zero-order valence-electron chi connectivity index (χ0n) is 24.9. The van der Waals surface area contributed by atoms with Gasteiger partial charge in [-0.1, -0.05) is 150 Å². The van der Waals surface area contributed by atoms with Crippen LogP contribution in [0.2, 0.25) is 36.8 Å². The average molecular weight is 565 g/mol. The van der Waals surface area contributed by atoms with Gasteiger partial charge in [-0.25, -0.2) is 0 Å². The second-order valence-electron chi connectivity index (χ2n) is 12.8. The van der Waals surface area contributed by atoms with Crippen molar-refractivity contribution in [2.24, 2.45) is 0 Å². The monoisotopic (exact) mass is 564 g/mol. The van der Waals surface area contributed by atoms with E-state index in [9.17, 15) is 0 Å². The molecule has 0 aromatic heterocycles. The molecule has 0 spiro atoms. The Balaban J connectivity index is 2.22. The number of unbranched alkanes of at least 4 members (excludes halogenated alkanes) is 1. The van der Waals surface area contributed by atoms with Crippen LogP contribution in [0.25, 0.3) is 0 Å². The SMILES string of the molecule is CCCC[C@@H](O[Si](C)(C)C(C)(C)C)[C@H](CP(=O)(c1ccccc1)c1ccccc1)[Si](C)(C)c1ccccc1.